The lowest BCUT2D eigenvalue weighted by Gasteiger charge is -2.27. The third kappa shape index (κ3) is 4.25. The number of carboxylic acid groups (broad SMARTS) is 1. The van der Waals surface area contributed by atoms with Crippen LogP contribution in [0.25, 0.3) is 0 Å². The van der Waals surface area contributed by atoms with Gasteiger partial charge in [-0.25, -0.2) is 0 Å². The molecule has 1 amide bonds. The fourth-order valence-corrected chi connectivity index (χ4v) is 2.77. The Bertz CT molecular complexity index is 971. The Balaban J connectivity index is 1.69. The second kappa shape index (κ2) is 7.62. The maximum Gasteiger partial charge on any atom is 0.323 e. The van der Waals surface area contributed by atoms with E-state index in [0.717, 1.165) is 11.1 Å². The number of benzene rings is 2. The third-order valence-corrected chi connectivity index (χ3v) is 4.13. The molecule has 0 unspecified atom stereocenters. The van der Waals surface area contributed by atoms with Crippen LogP contribution in [0.1, 0.15) is 27.0 Å². The van der Waals surface area contributed by atoms with Gasteiger partial charge in [0.1, 0.15) is 24.2 Å². The van der Waals surface area contributed by atoms with E-state index in [1.165, 1.54) is 4.90 Å². The van der Waals surface area contributed by atoms with Crippen LogP contribution in [0.4, 0.5) is 0 Å². The molecule has 0 saturated carbocycles. The molecule has 0 bridgehead atoms. The molecule has 2 aromatic rings. The standard InChI is InChI=1S/C20H17N3O4/c21-19(22)14-3-1-13(2-4-14)8-10-27-16-5-6-17-15(11-16)7-9-23(20(17)26)12-18(24)25/h1-6,11H,7,9,12H2,(H3,21,22)(H,24,25). The molecule has 0 atom stereocenters. The number of fused-ring (bicyclic) bond motifs is 1. The molecule has 2 aromatic carbocycles. The van der Waals surface area contributed by atoms with Gasteiger partial charge in [-0.3, -0.25) is 15.0 Å². The Morgan fingerprint density at radius 2 is 2.00 bits per heavy atom. The van der Waals surface area contributed by atoms with Gasteiger partial charge >= 0.3 is 5.97 Å². The highest BCUT2D eigenvalue weighted by molar-refractivity contribution is 5.98. The highest BCUT2D eigenvalue weighted by Gasteiger charge is 2.25. The van der Waals surface area contributed by atoms with Gasteiger partial charge < -0.3 is 20.5 Å². The third-order valence-electron chi connectivity index (χ3n) is 4.13. The van der Waals surface area contributed by atoms with Crippen molar-refractivity contribution in [2.24, 2.45) is 5.73 Å². The molecular formula is C20H17N3O4. The van der Waals surface area contributed by atoms with E-state index >= 15 is 0 Å². The second-order valence-electron chi connectivity index (χ2n) is 6.01. The lowest BCUT2D eigenvalue weighted by Crippen LogP contribution is -2.40. The molecule has 0 saturated heterocycles. The van der Waals surface area contributed by atoms with E-state index in [9.17, 15) is 9.59 Å². The summed E-state index contributed by atoms with van der Waals surface area (Å²) >= 11 is 0. The van der Waals surface area contributed by atoms with Crippen LogP contribution < -0.4 is 10.5 Å². The fourth-order valence-electron chi connectivity index (χ4n) is 2.77. The van der Waals surface area contributed by atoms with Crippen LogP contribution in [-0.4, -0.2) is 40.8 Å². The zero-order valence-corrected chi connectivity index (χ0v) is 14.4. The molecule has 0 fully saturated rings. The molecule has 7 nitrogen and oxygen atoms in total. The van der Waals surface area contributed by atoms with Crippen molar-refractivity contribution in [3.8, 4) is 17.8 Å². The van der Waals surface area contributed by atoms with E-state index in [-0.39, 0.29) is 18.3 Å². The van der Waals surface area contributed by atoms with Crippen LogP contribution in [0.2, 0.25) is 0 Å². The van der Waals surface area contributed by atoms with Crippen molar-refractivity contribution in [2.75, 3.05) is 13.1 Å². The second-order valence-corrected chi connectivity index (χ2v) is 6.01. The lowest BCUT2D eigenvalue weighted by molar-refractivity contribution is -0.137. The normalized spacial score (nSPS) is 12.6. The first-order chi connectivity index (χ1) is 12.9. The molecule has 136 valence electrons. The van der Waals surface area contributed by atoms with E-state index in [0.29, 0.717) is 29.8 Å². The number of aliphatic carboxylic acids is 1. The molecule has 4 N–H and O–H groups in total. The number of hydrogen-bond donors (Lipinski definition) is 3. The molecule has 1 aliphatic heterocycles. The molecule has 7 heteroatoms. The smallest absolute Gasteiger partial charge is 0.323 e. The minimum atomic E-state index is -1.03. The van der Waals surface area contributed by atoms with Gasteiger partial charge in [-0.2, -0.15) is 0 Å². The molecule has 1 aliphatic rings. The number of nitrogens with two attached hydrogens (primary N) is 1. The fraction of sp³-hybridized carbons (Fsp3) is 0.150. The zero-order chi connectivity index (χ0) is 19.4. The summed E-state index contributed by atoms with van der Waals surface area (Å²) in [5.74, 6) is 2.05. The van der Waals surface area contributed by atoms with Crippen molar-refractivity contribution < 1.29 is 19.4 Å². The number of nitrogens with one attached hydrogen (secondary N) is 1. The molecule has 1 heterocycles. The zero-order valence-electron chi connectivity index (χ0n) is 14.4. The number of carbonyl (C=O) groups excluding carboxylic acids is 1. The number of carboxylic acids is 1. The molecule has 27 heavy (non-hydrogen) atoms. The number of nitrogen functional groups attached to an aromatic ring is 1. The number of amidine groups is 1. The Morgan fingerprint density at radius 3 is 2.67 bits per heavy atom. The van der Waals surface area contributed by atoms with Crippen LogP contribution in [0.5, 0.6) is 5.75 Å². The monoisotopic (exact) mass is 363 g/mol. The van der Waals surface area contributed by atoms with E-state index in [1.807, 2.05) is 0 Å². The van der Waals surface area contributed by atoms with Gasteiger partial charge in [0.2, 0.25) is 0 Å². The van der Waals surface area contributed by atoms with E-state index in [4.69, 9.17) is 21.0 Å². The maximum atomic E-state index is 12.3. The van der Waals surface area contributed by atoms with Gasteiger partial charge in [0.25, 0.3) is 5.91 Å². The molecular weight excluding hydrogens is 346 g/mol. The average molecular weight is 363 g/mol. The van der Waals surface area contributed by atoms with Crippen LogP contribution in [0.15, 0.2) is 42.5 Å². The first kappa shape index (κ1) is 18.0. The van der Waals surface area contributed by atoms with Gasteiger partial charge in [0.15, 0.2) is 0 Å². The predicted molar refractivity (Wildman–Crippen MR) is 98.6 cm³/mol. The SMILES string of the molecule is N=C(N)c1ccc(C#COc2ccc3c(c2)CCN(CC(=O)O)C3=O)cc1. The van der Waals surface area contributed by atoms with Crippen molar-refractivity contribution in [3.05, 3.63) is 64.7 Å². The minimum Gasteiger partial charge on any atom is -0.480 e. The summed E-state index contributed by atoms with van der Waals surface area (Å²) in [6.45, 7) is 0.0557. The first-order valence-corrected chi connectivity index (χ1v) is 8.20. The van der Waals surface area contributed by atoms with E-state index in [1.54, 1.807) is 42.5 Å². The summed E-state index contributed by atoms with van der Waals surface area (Å²) in [5, 5.41) is 16.2. The van der Waals surface area contributed by atoms with Crippen molar-refractivity contribution in [1.29, 1.82) is 5.41 Å². The molecule has 3 rings (SSSR count). The van der Waals surface area contributed by atoms with Gasteiger partial charge in [-0.1, -0.05) is 12.1 Å². The Hall–Kier alpha value is -3.79. The molecule has 0 aliphatic carbocycles. The summed E-state index contributed by atoms with van der Waals surface area (Å²) in [6, 6.07) is 11.9. The van der Waals surface area contributed by atoms with Crippen LogP contribution in [0, 0.1) is 17.4 Å². The summed E-state index contributed by atoms with van der Waals surface area (Å²) in [7, 11) is 0. The number of carbonyl (C=O) groups is 2. The number of rotatable bonds is 4. The van der Waals surface area contributed by atoms with Crippen molar-refractivity contribution >= 4 is 17.7 Å². The lowest BCUT2D eigenvalue weighted by atomic mass is 9.99. The van der Waals surface area contributed by atoms with E-state index in [2.05, 4.69) is 12.0 Å². The Labute approximate surface area is 155 Å². The summed E-state index contributed by atoms with van der Waals surface area (Å²) < 4.78 is 5.43. The van der Waals surface area contributed by atoms with Gasteiger partial charge in [-0.05, 0) is 48.2 Å². The van der Waals surface area contributed by atoms with Crippen LogP contribution >= 0.6 is 0 Å². The predicted octanol–water partition coefficient (Wildman–Crippen LogP) is 1.44. The number of amides is 1. The quantitative estimate of drug-likeness (QED) is 0.432. The molecule has 0 aromatic heterocycles. The first-order valence-electron chi connectivity index (χ1n) is 8.20. The van der Waals surface area contributed by atoms with Crippen LogP contribution in [0.3, 0.4) is 0 Å². The molecule has 0 radical (unpaired) electrons. The molecule has 0 spiro atoms. The summed E-state index contributed by atoms with van der Waals surface area (Å²) in [6.07, 6.45) is 3.17. The maximum absolute atomic E-state index is 12.3. The van der Waals surface area contributed by atoms with Crippen LogP contribution in [-0.2, 0) is 11.2 Å². The highest BCUT2D eigenvalue weighted by atomic mass is 16.5. The van der Waals surface area contributed by atoms with Gasteiger partial charge in [0, 0.05) is 23.2 Å². The van der Waals surface area contributed by atoms with E-state index < -0.39 is 5.97 Å². The highest BCUT2D eigenvalue weighted by Crippen LogP contribution is 2.23. The minimum absolute atomic E-state index is 0.00344. The summed E-state index contributed by atoms with van der Waals surface area (Å²) in [5.41, 5.74) is 8.05. The van der Waals surface area contributed by atoms with Gasteiger partial charge in [-0.15, -0.1) is 0 Å². The largest absolute Gasteiger partial charge is 0.480 e. The average Bonchev–Trinajstić information content (AvgIpc) is 2.64. The van der Waals surface area contributed by atoms with Crippen molar-refractivity contribution in [2.45, 2.75) is 6.42 Å². The number of hydrogen-bond acceptors (Lipinski definition) is 4. The van der Waals surface area contributed by atoms with Crippen molar-refractivity contribution in [1.82, 2.24) is 4.90 Å². The summed E-state index contributed by atoms with van der Waals surface area (Å²) in [4.78, 5) is 24.4. The Morgan fingerprint density at radius 1 is 1.26 bits per heavy atom. The topological polar surface area (TPSA) is 117 Å². The van der Waals surface area contributed by atoms with Crippen molar-refractivity contribution in [3.63, 3.8) is 0 Å². The Kier molecular flexibility index (Phi) is 5.08. The number of ether oxygens (including phenoxy) is 1. The van der Waals surface area contributed by atoms with Gasteiger partial charge in [0.05, 0.1) is 0 Å². The number of nitrogens with zero attached hydrogens (tertiary/aromatic N) is 1.